The summed E-state index contributed by atoms with van der Waals surface area (Å²) >= 11 is 0. The standard InChI is InChI=1S/C46H29N3O/c1-28-25-39(42-37-17-9-10-18-40(37)50-43(42)41(28)32-13-3-2-4-14-32)46-48-44(34-23-19-29-11-5-6-15-33(29)26-34)47-45(49-46)35-24-22-31-21-20-30-12-7-8-16-36(30)38(31)27-35/h2-27H,1H3/i2D,3D,4D,5D,6D,9D,10D,11D,13D,14D,15D,17D,18D,19D,23D,25D,26D. The Hall–Kier alpha value is -6.65. The summed E-state index contributed by atoms with van der Waals surface area (Å²) in [6.07, 6.45) is 0. The number of aromatic nitrogens is 3. The van der Waals surface area contributed by atoms with E-state index in [1.807, 2.05) is 48.5 Å². The first-order chi connectivity index (χ1) is 31.8. The van der Waals surface area contributed by atoms with E-state index in [0.29, 0.717) is 5.56 Å². The lowest BCUT2D eigenvalue weighted by Crippen LogP contribution is -2.01. The summed E-state index contributed by atoms with van der Waals surface area (Å²) < 4.78 is 156. The average Bonchev–Trinajstić information content (AvgIpc) is 3.72. The van der Waals surface area contributed by atoms with Crippen LogP contribution in [0.3, 0.4) is 0 Å². The van der Waals surface area contributed by atoms with Gasteiger partial charge in [0.25, 0.3) is 0 Å². The number of hydrogen-bond donors (Lipinski definition) is 0. The molecule has 0 saturated heterocycles. The lowest BCUT2D eigenvalue weighted by Gasteiger charge is -2.13. The number of benzene rings is 8. The first-order valence-electron chi connectivity index (χ1n) is 24.0. The SMILES string of the molecule is [2H]c1c([2H])c([2H])c(-c2c(C)c([2H])c(-c3nc(-c4ccc5ccc6ccccc6c5c4)nc(-c4c([2H])c([2H])c5c([2H])c([2H])c([2H])c([2H])c5c4[2H])n3)c3c2oc2c([2H])c([2H])c([2H])c([2H])c23)c([2H])c1[2H]. The summed E-state index contributed by atoms with van der Waals surface area (Å²) in [4.78, 5) is 14.4. The molecular formula is C46H29N3O. The lowest BCUT2D eigenvalue weighted by molar-refractivity contribution is 0.669. The van der Waals surface area contributed by atoms with Crippen LogP contribution in [0.15, 0.2) is 162 Å². The molecule has 0 N–H and O–H groups in total. The van der Waals surface area contributed by atoms with Gasteiger partial charge in [0.05, 0.1) is 23.3 Å². The van der Waals surface area contributed by atoms with Crippen LogP contribution in [0, 0.1) is 6.92 Å². The van der Waals surface area contributed by atoms with Gasteiger partial charge in [0.1, 0.15) is 11.2 Å². The monoisotopic (exact) mass is 656 g/mol. The number of hydrogen-bond acceptors (Lipinski definition) is 4. The molecule has 0 aliphatic rings. The minimum Gasteiger partial charge on any atom is -0.455 e. The lowest BCUT2D eigenvalue weighted by atomic mass is 9.93. The van der Waals surface area contributed by atoms with Crippen molar-refractivity contribution in [2.24, 2.45) is 0 Å². The van der Waals surface area contributed by atoms with Crippen molar-refractivity contribution >= 4 is 54.3 Å². The maximum absolute atomic E-state index is 9.82. The molecule has 0 amide bonds. The number of para-hydroxylation sites is 1. The van der Waals surface area contributed by atoms with Crippen LogP contribution < -0.4 is 0 Å². The van der Waals surface area contributed by atoms with Gasteiger partial charge < -0.3 is 4.42 Å². The molecule has 0 bridgehead atoms. The van der Waals surface area contributed by atoms with Gasteiger partial charge in [0, 0.05) is 33.0 Å². The molecular weight excluding hydrogens is 611 g/mol. The van der Waals surface area contributed by atoms with Crippen molar-refractivity contribution in [2.45, 2.75) is 6.92 Å². The molecule has 234 valence electrons. The smallest absolute Gasteiger partial charge is 0.164 e. The van der Waals surface area contributed by atoms with Crippen molar-refractivity contribution in [3.8, 4) is 45.3 Å². The minimum absolute atomic E-state index is 0.0338. The van der Waals surface area contributed by atoms with E-state index < -0.39 is 114 Å². The Kier molecular flexibility index (Phi) is 3.63. The van der Waals surface area contributed by atoms with Crippen LogP contribution in [0.4, 0.5) is 0 Å². The van der Waals surface area contributed by atoms with Crippen molar-refractivity contribution in [3.63, 3.8) is 0 Å². The van der Waals surface area contributed by atoms with Crippen molar-refractivity contribution in [1.29, 1.82) is 0 Å². The van der Waals surface area contributed by atoms with Gasteiger partial charge in [0.15, 0.2) is 17.5 Å². The number of fused-ring (bicyclic) bond motifs is 7. The molecule has 0 spiro atoms. The van der Waals surface area contributed by atoms with Gasteiger partial charge in [-0.05, 0) is 74.6 Å². The van der Waals surface area contributed by atoms with Crippen molar-refractivity contribution in [3.05, 3.63) is 163 Å². The largest absolute Gasteiger partial charge is 0.455 e. The summed E-state index contributed by atoms with van der Waals surface area (Å²) in [5.41, 5.74) is -1.53. The fourth-order valence-corrected chi connectivity index (χ4v) is 6.32. The molecule has 2 aromatic heterocycles. The summed E-state index contributed by atoms with van der Waals surface area (Å²) in [7, 11) is 0. The third-order valence-corrected chi connectivity index (χ3v) is 8.59. The van der Waals surface area contributed by atoms with Crippen LogP contribution in [-0.4, -0.2) is 15.0 Å². The van der Waals surface area contributed by atoms with Crippen LogP contribution in [0.25, 0.3) is 99.5 Å². The van der Waals surface area contributed by atoms with Gasteiger partial charge in [-0.3, -0.25) is 0 Å². The van der Waals surface area contributed by atoms with E-state index in [2.05, 4.69) is 0 Å². The van der Waals surface area contributed by atoms with E-state index in [9.17, 15) is 4.11 Å². The first kappa shape index (κ1) is 16.2. The third-order valence-electron chi connectivity index (χ3n) is 8.59. The molecule has 0 fully saturated rings. The Morgan fingerprint density at radius 3 is 2.10 bits per heavy atom. The molecule has 4 heteroatoms. The third kappa shape index (κ3) is 4.57. The van der Waals surface area contributed by atoms with Gasteiger partial charge in [-0.15, -0.1) is 0 Å². The molecule has 10 aromatic rings. The maximum atomic E-state index is 9.82. The van der Waals surface area contributed by atoms with Crippen LogP contribution in [0.2, 0.25) is 0 Å². The number of furan rings is 1. The summed E-state index contributed by atoms with van der Waals surface area (Å²) in [6.45, 7) is 1.42. The highest BCUT2D eigenvalue weighted by molar-refractivity contribution is 6.16. The second-order valence-electron chi connectivity index (χ2n) is 11.5. The van der Waals surface area contributed by atoms with Gasteiger partial charge >= 0.3 is 0 Å². The number of rotatable bonds is 4. The average molecular weight is 657 g/mol. The van der Waals surface area contributed by atoms with E-state index in [4.69, 9.17) is 38.6 Å². The van der Waals surface area contributed by atoms with Crippen LogP contribution >= 0.6 is 0 Å². The predicted octanol–water partition coefficient (Wildman–Crippen LogP) is 12.2. The highest BCUT2D eigenvalue weighted by Gasteiger charge is 2.22. The molecule has 50 heavy (non-hydrogen) atoms. The zero-order valence-corrected chi connectivity index (χ0v) is 25.9. The zero-order chi connectivity index (χ0) is 48.0. The van der Waals surface area contributed by atoms with Gasteiger partial charge in [0.2, 0.25) is 0 Å². The molecule has 10 rings (SSSR count). The molecule has 0 saturated carbocycles. The summed E-state index contributed by atoms with van der Waals surface area (Å²) in [5, 5.41) is 2.27. The van der Waals surface area contributed by atoms with Gasteiger partial charge in [-0.25, -0.2) is 15.0 Å². The molecule has 0 unspecified atom stereocenters. The second kappa shape index (κ2) is 11.2. The molecule has 4 nitrogen and oxygen atoms in total. The van der Waals surface area contributed by atoms with Crippen LogP contribution in [0.1, 0.15) is 28.9 Å². The topological polar surface area (TPSA) is 51.8 Å². The molecule has 0 atom stereocenters. The fourth-order valence-electron chi connectivity index (χ4n) is 6.32. The molecule has 2 heterocycles. The van der Waals surface area contributed by atoms with Crippen LogP contribution in [-0.2, 0) is 0 Å². The zero-order valence-electron chi connectivity index (χ0n) is 42.9. The highest BCUT2D eigenvalue weighted by Crippen LogP contribution is 2.43. The van der Waals surface area contributed by atoms with Crippen molar-refractivity contribution in [2.75, 3.05) is 0 Å². The molecule has 0 aliphatic carbocycles. The van der Waals surface area contributed by atoms with Gasteiger partial charge in [-0.2, -0.15) is 0 Å². The summed E-state index contributed by atoms with van der Waals surface area (Å²) in [5.74, 6) is -0.880. The van der Waals surface area contributed by atoms with Crippen molar-refractivity contribution < 1.29 is 27.7 Å². The Morgan fingerprint density at radius 2 is 1.22 bits per heavy atom. The van der Waals surface area contributed by atoms with E-state index >= 15 is 0 Å². The Labute approximate surface area is 312 Å². The Balaban J connectivity index is 1.40. The van der Waals surface area contributed by atoms with Crippen molar-refractivity contribution in [1.82, 2.24) is 15.0 Å². The Bertz CT molecular complexity index is 3900. The van der Waals surface area contributed by atoms with Crippen LogP contribution in [0.5, 0.6) is 0 Å². The predicted molar refractivity (Wildman–Crippen MR) is 206 cm³/mol. The van der Waals surface area contributed by atoms with E-state index in [0.717, 1.165) is 21.5 Å². The minimum atomic E-state index is -0.694. The van der Waals surface area contributed by atoms with E-state index in [-0.39, 0.29) is 66.6 Å². The van der Waals surface area contributed by atoms with E-state index in [1.54, 1.807) is 6.07 Å². The molecule has 8 aromatic carbocycles. The quantitative estimate of drug-likeness (QED) is 0.177. The maximum Gasteiger partial charge on any atom is 0.164 e. The fraction of sp³-hybridized carbons (Fsp3) is 0.0217. The number of nitrogens with zero attached hydrogens (tertiary/aromatic N) is 3. The second-order valence-corrected chi connectivity index (χ2v) is 11.5. The molecule has 0 aliphatic heterocycles. The van der Waals surface area contributed by atoms with Gasteiger partial charge in [-0.1, -0.05) is 133 Å². The summed E-state index contributed by atoms with van der Waals surface area (Å²) in [6, 6.07) is 6.03. The molecule has 0 radical (unpaired) electrons. The van der Waals surface area contributed by atoms with E-state index in [1.165, 1.54) is 6.92 Å². The Morgan fingerprint density at radius 1 is 0.520 bits per heavy atom. The first-order valence-corrected chi connectivity index (χ1v) is 15.5. The highest BCUT2D eigenvalue weighted by atomic mass is 16.3. The normalized spacial score (nSPS) is 16.5.